The van der Waals surface area contributed by atoms with Crippen molar-refractivity contribution in [1.82, 2.24) is 19.9 Å². The van der Waals surface area contributed by atoms with Crippen molar-refractivity contribution in [2.75, 3.05) is 56.0 Å². The van der Waals surface area contributed by atoms with Crippen LogP contribution in [0.3, 0.4) is 0 Å². The van der Waals surface area contributed by atoms with E-state index in [1.54, 1.807) is 0 Å². The van der Waals surface area contributed by atoms with Crippen LogP contribution < -0.4 is 32.4 Å². The van der Waals surface area contributed by atoms with E-state index in [1.165, 1.54) is 18.8 Å². The molecule has 0 fully saturated rings. The van der Waals surface area contributed by atoms with E-state index in [9.17, 15) is 4.57 Å². The van der Waals surface area contributed by atoms with E-state index in [2.05, 4.69) is 19.9 Å². The van der Waals surface area contributed by atoms with Crippen LogP contribution in [0.2, 0.25) is 0 Å². The van der Waals surface area contributed by atoms with Crippen LogP contribution >= 0.6 is 7.60 Å². The third kappa shape index (κ3) is 9.20. The number of hydrogen-bond acceptors (Lipinski definition) is 13. The molecule has 0 aliphatic carbocycles. The number of nitrogens with zero attached hydrogens (tertiary/aromatic N) is 4. The molecule has 8 N–H and O–H groups in total. The average molecular weight is 456 g/mol. The Morgan fingerprint density at radius 3 is 1.52 bits per heavy atom. The zero-order valence-corrected chi connectivity index (χ0v) is 18.6. The van der Waals surface area contributed by atoms with Gasteiger partial charge in [-0.05, 0) is 0 Å². The van der Waals surface area contributed by atoms with Crippen molar-refractivity contribution in [2.45, 2.75) is 13.8 Å². The van der Waals surface area contributed by atoms with Gasteiger partial charge in [0.2, 0.25) is 23.7 Å². The lowest BCUT2D eigenvalue weighted by Crippen LogP contribution is -2.17. The third-order valence-electron chi connectivity index (χ3n) is 3.70. The van der Waals surface area contributed by atoms with Gasteiger partial charge in [0.15, 0.2) is 0 Å². The Balaban J connectivity index is 1.69. The highest BCUT2D eigenvalue weighted by Gasteiger charge is 2.20. The summed E-state index contributed by atoms with van der Waals surface area (Å²) in [4.78, 5) is 15.4. The second-order valence-electron chi connectivity index (χ2n) is 7.17. The van der Waals surface area contributed by atoms with Gasteiger partial charge in [0, 0.05) is 30.6 Å². The van der Waals surface area contributed by atoms with E-state index < -0.39 is 7.60 Å². The van der Waals surface area contributed by atoms with Crippen LogP contribution in [-0.2, 0) is 13.6 Å². The first kappa shape index (κ1) is 24.4. The highest BCUT2D eigenvalue weighted by atomic mass is 31.2. The number of anilines is 4. The second-order valence-corrected chi connectivity index (χ2v) is 9.23. The smallest absolute Gasteiger partial charge is 0.327 e. The number of aromatic nitrogens is 4. The minimum absolute atomic E-state index is 0.0232. The summed E-state index contributed by atoms with van der Waals surface area (Å²) in [6, 6.07) is 2.93. The van der Waals surface area contributed by atoms with E-state index in [0.29, 0.717) is 0 Å². The molecule has 0 saturated heterocycles. The molecule has 0 spiro atoms. The lowest BCUT2D eigenvalue weighted by molar-refractivity contribution is 0.134. The number of nitrogens with two attached hydrogens (primary N) is 4. The summed E-state index contributed by atoms with van der Waals surface area (Å²) < 4.78 is 34.4. The first-order valence-corrected chi connectivity index (χ1v) is 11.4. The van der Waals surface area contributed by atoms with Crippen molar-refractivity contribution < 1.29 is 23.1 Å². The van der Waals surface area contributed by atoms with Crippen molar-refractivity contribution in [3.8, 4) is 11.8 Å². The summed E-state index contributed by atoms with van der Waals surface area (Å²) in [5, 5.41) is 0. The highest BCUT2D eigenvalue weighted by molar-refractivity contribution is 7.52. The van der Waals surface area contributed by atoms with Crippen molar-refractivity contribution in [1.29, 1.82) is 0 Å². The quantitative estimate of drug-likeness (QED) is 0.331. The van der Waals surface area contributed by atoms with E-state index >= 15 is 0 Å². The second kappa shape index (κ2) is 10.9. The topological polar surface area (TPSA) is 210 Å². The van der Waals surface area contributed by atoms with Gasteiger partial charge in [-0.1, -0.05) is 13.8 Å². The van der Waals surface area contributed by atoms with Crippen LogP contribution in [0, 0.1) is 11.8 Å². The van der Waals surface area contributed by atoms with Gasteiger partial charge in [0.1, 0.15) is 11.6 Å². The first-order valence-electron chi connectivity index (χ1n) is 9.44. The number of rotatable bonds is 12. The van der Waals surface area contributed by atoms with Crippen LogP contribution in [0.1, 0.15) is 13.8 Å². The minimum atomic E-state index is -3.27. The maximum Gasteiger partial charge on any atom is 0.327 e. The summed E-state index contributed by atoms with van der Waals surface area (Å²) >= 11 is 0. The Kier molecular flexibility index (Phi) is 8.60. The Morgan fingerprint density at radius 2 is 1.16 bits per heavy atom. The number of nitrogen functional groups attached to an aromatic ring is 4. The van der Waals surface area contributed by atoms with E-state index in [-0.39, 0.29) is 73.6 Å². The molecular weight excluding hydrogens is 427 g/mol. The molecule has 0 aromatic carbocycles. The molecule has 0 aliphatic heterocycles. The van der Waals surface area contributed by atoms with E-state index in [1.807, 2.05) is 13.8 Å². The van der Waals surface area contributed by atoms with Gasteiger partial charge in [-0.3, -0.25) is 4.57 Å². The monoisotopic (exact) mass is 456 g/mol. The molecule has 2 aromatic heterocycles. The van der Waals surface area contributed by atoms with Crippen LogP contribution in [0.5, 0.6) is 11.8 Å². The maximum atomic E-state index is 12.5. The molecule has 2 aromatic rings. The Labute approximate surface area is 180 Å². The molecule has 2 atom stereocenters. The SMILES string of the molecule is CC(COc1cc(N)nc(N)n1)COP(C)(=O)OCC(C)COc1cc(N)nc(N)n1. The number of ether oxygens (including phenoxy) is 2. The average Bonchev–Trinajstić information content (AvgIpc) is 2.66. The standard InChI is InChI=1S/C17H29N8O5P/c1-10(6-27-14-4-12(18)22-16(20)24-14)8-29-31(3,26)30-9-11(2)7-28-15-5-13(19)23-17(21)25-15/h4-5,10-11H,6-9H2,1-3H3,(H4,18,20,22,24)(H4,19,21,23,25). The zero-order valence-electron chi connectivity index (χ0n) is 17.7. The molecule has 0 amide bonds. The predicted molar refractivity (Wildman–Crippen MR) is 116 cm³/mol. The molecule has 2 unspecified atom stereocenters. The Hall–Kier alpha value is -2.89. The fourth-order valence-electron chi connectivity index (χ4n) is 2.18. The van der Waals surface area contributed by atoms with Crippen LogP contribution in [0.15, 0.2) is 12.1 Å². The number of hydrogen-bond donors (Lipinski definition) is 4. The summed E-state index contributed by atoms with van der Waals surface area (Å²) in [6.45, 7) is 5.97. The maximum absolute atomic E-state index is 12.5. The largest absolute Gasteiger partial charge is 0.477 e. The van der Waals surface area contributed by atoms with Crippen molar-refractivity contribution in [3.05, 3.63) is 12.1 Å². The van der Waals surface area contributed by atoms with Crippen molar-refractivity contribution in [3.63, 3.8) is 0 Å². The van der Waals surface area contributed by atoms with Crippen molar-refractivity contribution in [2.24, 2.45) is 11.8 Å². The zero-order chi connectivity index (χ0) is 23.0. The lowest BCUT2D eigenvalue weighted by Gasteiger charge is -2.20. The van der Waals surface area contributed by atoms with E-state index in [4.69, 9.17) is 41.5 Å². The predicted octanol–water partition coefficient (Wildman–Crippen LogP) is 1.18. The van der Waals surface area contributed by atoms with Gasteiger partial charge in [-0.25, -0.2) is 0 Å². The third-order valence-corrected chi connectivity index (χ3v) is 4.93. The Morgan fingerprint density at radius 1 is 0.774 bits per heavy atom. The van der Waals surface area contributed by atoms with Gasteiger partial charge in [0.05, 0.1) is 26.4 Å². The molecule has 2 rings (SSSR count). The summed E-state index contributed by atoms with van der Waals surface area (Å²) in [6.07, 6.45) is 0. The van der Waals surface area contributed by atoms with Crippen LogP contribution in [0.25, 0.3) is 0 Å². The fraction of sp³-hybridized carbons (Fsp3) is 0.529. The first-order chi connectivity index (χ1) is 14.5. The summed E-state index contributed by atoms with van der Waals surface area (Å²) in [5.74, 6) is 0.797. The molecule has 14 heteroatoms. The van der Waals surface area contributed by atoms with Gasteiger partial charge < -0.3 is 41.5 Å². The van der Waals surface area contributed by atoms with E-state index in [0.717, 1.165) is 0 Å². The molecule has 172 valence electrons. The molecule has 13 nitrogen and oxygen atoms in total. The minimum Gasteiger partial charge on any atom is -0.477 e. The van der Waals surface area contributed by atoms with Gasteiger partial charge >= 0.3 is 7.60 Å². The highest BCUT2D eigenvalue weighted by Crippen LogP contribution is 2.44. The van der Waals surface area contributed by atoms with Crippen molar-refractivity contribution >= 4 is 31.1 Å². The van der Waals surface area contributed by atoms with Gasteiger partial charge in [0.25, 0.3) is 0 Å². The Bertz CT molecular complexity index is 808. The molecule has 0 saturated carbocycles. The molecule has 0 aliphatic rings. The van der Waals surface area contributed by atoms with Crippen LogP contribution in [0.4, 0.5) is 23.5 Å². The summed E-state index contributed by atoms with van der Waals surface area (Å²) in [7, 11) is -3.27. The van der Waals surface area contributed by atoms with Crippen LogP contribution in [-0.4, -0.2) is 53.0 Å². The molecule has 0 radical (unpaired) electrons. The molecule has 2 heterocycles. The molecule has 0 bridgehead atoms. The fourth-order valence-corrected chi connectivity index (χ4v) is 3.31. The lowest BCUT2D eigenvalue weighted by atomic mass is 10.2. The normalized spacial score (nSPS) is 15.1. The molecule has 31 heavy (non-hydrogen) atoms. The summed E-state index contributed by atoms with van der Waals surface area (Å²) in [5.41, 5.74) is 22.2. The molecular formula is C17H29N8O5P. The van der Waals surface area contributed by atoms with Gasteiger partial charge in [-0.2, -0.15) is 19.9 Å². The van der Waals surface area contributed by atoms with Gasteiger partial charge in [-0.15, -0.1) is 0 Å².